The minimum Gasteiger partial charge on any atom is -0.347 e. The number of fused-ring (bicyclic) bond motifs is 3. The monoisotopic (exact) mass is 776 g/mol. The van der Waals surface area contributed by atoms with E-state index >= 15 is 0 Å². The van der Waals surface area contributed by atoms with Gasteiger partial charge in [-0.15, -0.1) is 0 Å². The largest absolute Gasteiger partial charge is 0.347 e. The average Bonchev–Trinajstić information content (AvgIpc) is 3.89. The van der Waals surface area contributed by atoms with Crippen molar-refractivity contribution in [1.82, 2.24) is 31.1 Å². The highest BCUT2D eigenvalue weighted by Crippen LogP contribution is 2.65. The van der Waals surface area contributed by atoms with Crippen molar-refractivity contribution < 1.29 is 42.0 Å². The second kappa shape index (κ2) is 15.5. The minimum atomic E-state index is -3.86. The molecular formula is C38H60N6O9S. The number of carbonyl (C=O) groups is 7. The summed E-state index contributed by atoms with van der Waals surface area (Å²) in [6.45, 7) is 13.2. The van der Waals surface area contributed by atoms with Crippen molar-refractivity contribution in [3.63, 3.8) is 0 Å². The number of nitrogens with zero attached hydrogens (tertiary/aromatic N) is 2. The first-order valence-corrected chi connectivity index (χ1v) is 21.4. The zero-order valence-electron chi connectivity index (χ0n) is 32.9. The molecule has 0 aromatic rings. The summed E-state index contributed by atoms with van der Waals surface area (Å²) >= 11 is 0. The van der Waals surface area contributed by atoms with Gasteiger partial charge in [0.2, 0.25) is 29.4 Å². The smallest absolute Gasteiger partial charge is 0.315 e. The summed E-state index contributed by atoms with van der Waals surface area (Å²) in [6.07, 6.45) is 4.95. The van der Waals surface area contributed by atoms with E-state index in [0.717, 1.165) is 17.7 Å². The normalized spacial score (nSPS) is 30.7. The molecule has 4 N–H and O–H groups in total. The van der Waals surface area contributed by atoms with E-state index in [1.807, 2.05) is 48.5 Å². The number of likely N-dealkylation sites (tertiary alicyclic amines) is 1. The van der Waals surface area contributed by atoms with Gasteiger partial charge in [-0.2, -0.15) is 0 Å². The quantitative estimate of drug-likeness (QED) is 0.219. The molecule has 3 aliphatic heterocycles. The van der Waals surface area contributed by atoms with E-state index in [2.05, 4.69) is 21.3 Å². The molecule has 2 saturated carbocycles. The van der Waals surface area contributed by atoms with Gasteiger partial charge in [0.1, 0.15) is 12.1 Å². The number of amides is 7. The molecule has 0 spiro atoms. The highest BCUT2D eigenvalue weighted by atomic mass is 32.2. The molecule has 6 atom stereocenters. The number of imide groups is 1. The molecule has 54 heavy (non-hydrogen) atoms. The lowest BCUT2D eigenvalue weighted by molar-refractivity contribution is -0.153. The fourth-order valence-corrected chi connectivity index (χ4v) is 9.93. The maximum Gasteiger partial charge on any atom is 0.315 e. The summed E-state index contributed by atoms with van der Waals surface area (Å²) in [5, 5.41) is 10.9. The number of piperidine rings is 2. The maximum atomic E-state index is 14.5. The van der Waals surface area contributed by atoms with E-state index in [-0.39, 0.29) is 73.2 Å². The lowest BCUT2D eigenvalue weighted by atomic mass is 9.80. The predicted octanol–water partition coefficient (Wildman–Crippen LogP) is 1.83. The Morgan fingerprint density at radius 3 is 2.11 bits per heavy atom. The van der Waals surface area contributed by atoms with Crippen LogP contribution in [0.25, 0.3) is 0 Å². The molecular weight excluding hydrogens is 717 g/mol. The van der Waals surface area contributed by atoms with Gasteiger partial charge in [-0.1, -0.05) is 74.1 Å². The van der Waals surface area contributed by atoms with Crippen LogP contribution in [0.15, 0.2) is 0 Å². The Hall–Kier alpha value is -3.56. The van der Waals surface area contributed by atoms with E-state index in [0.29, 0.717) is 32.1 Å². The predicted molar refractivity (Wildman–Crippen MR) is 199 cm³/mol. The third-order valence-corrected chi connectivity index (χ3v) is 13.8. The fourth-order valence-electron chi connectivity index (χ4n) is 8.39. The van der Waals surface area contributed by atoms with Crippen LogP contribution in [0.2, 0.25) is 0 Å². The van der Waals surface area contributed by atoms with Gasteiger partial charge in [0.25, 0.3) is 5.91 Å². The van der Waals surface area contributed by atoms with Gasteiger partial charge < -0.3 is 26.2 Å². The highest BCUT2D eigenvalue weighted by molar-refractivity contribution is 7.91. The van der Waals surface area contributed by atoms with Gasteiger partial charge in [0.15, 0.2) is 9.84 Å². The topological polar surface area (TPSA) is 208 Å². The number of hydrogen-bond donors (Lipinski definition) is 4. The van der Waals surface area contributed by atoms with E-state index in [1.54, 1.807) is 0 Å². The van der Waals surface area contributed by atoms with Crippen LogP contribution in [0.3, 0.4) is 0 Å². The zero-order chi connectivity index (χ0) is 40.0. The number of urea groups is 1. The summed E-state index contributed by atoms with van der Waals surface area (Å²) in [5.41, 5.74) is -1.45. The molecule has 5 rings (SSSR count). The van der Waals surface area contributed by atoms with Crippen LogP contribution >= 0.6 is 0 Å². The lowest BCUT2D eigenvalue weighted by Crippen LogP contribution is -2.62. The Kier molecular flexibility index (Phi) is 12.0. The highest BCUT2D eigenvalue weighted by Gasteiger charge is 2.69. The number of nitrogens with one attached hydrogen (secondary N) is 4. The molecule has 5 aliphatic rings. The number of sulfone groups is 1. The molecule has 3 heterocycles. The molecule has 0 bridgehead atoms. The first-order chi connectivity index (χ1) is 25.0. The van der Waals surface area contributed by atoms with Crippen molar-refractivity contribution in [1.29, 1.82) is 0 Å². The summed E-state index contributed by atoms with van der Waals surface area (Å²) in [7, 11) is -3.86. The number of hydrogen-bond acceptors (Lipinski definition) is 9. The summed E-state index contributed by atoms with van der Waals surface area (Å²) < 4.78 is 27.0. The summed E-state index contributed by atoms with van der Waals surface area (Å²) in [5.74, 6) is -4.76. The number of Topliss-reactive ketones (excluding diaryl/α,β-unsaturated/α-hetero) is 1. The second-order valence-corrected chi connectivity index (χ2v) is 21.0. The molecule has 7 amide bonds. The SMILES string of the molecule is CC1(C)CC(=O)N(C[C@@H](NC(=O)N[C@H]2CS(=O)(=O)CCCCCCC[C@@H](C(=O)C(=O)NC3CC3)NC(=O)[C@@H]3[C@@H]4[C@H](CN3C2=O)C4(C)C)C(C)(C)C)C(=O)C1. The van der Waals surface area contributed by atoms with Crippen molar-refractivity contribution in [3.8, 4) is 0 Å². The molecule has 3 saturated heterocycles. The molecule has 5 fully saturated rings. The van der Waals surface area contributed by atoms with Gasteiger partial charge in [0.05, 0.1) is 23.6 Å². The first-order valence-electron chi connectivity index (χ1n) is 19.6. The number of rotatable bonds is 7. The van der Waals surface area contributed by atoms with Crippen molar-refractivity contribution in [2.45, 2.75) is 143 Å². The standard InChI is InChI=1S/C38H60N6O9S/c1-36(2,3)26(20-43-27(45)17-37(4,5)18-28(43)46)42-35(51)41-25-21-54(52,53)16-12-10-8-9-11-13-24(31(47)33(49)39-22-14-15-22)40-32(48)30-29-23(38(29,6)7)19-44(30)34(25)50/h22-26,29-30H,8-21H2,1-7H3,(H,39,49)(H,40,48)(H2,41,42,51)/t23-,24-,25-,26+,29-,30-/m0/s1. The van der Waals surface area contributed by atoms with Crippen LogP contribution in [-0.4, -0.2) is 114 Å². The first kappa shape index (κ1) is 41.6. The van der Waals surface area contributed by atoms with Crippen LogP contribution in [0.4, 0.5) is 4.79 Å². The van der Waals surface area contributed by atoms with Crippen LogP contribution in [0.1, 0.15) is 113 Å². The Balaban J connectivity index is 1.39. The number of carbonyl (C=O) groups excluding carboxylic acids is 7. The maximum absolute atomic E-state index is 14.5. The van der Waals surface area contributed by atoms with Gasteiger partial charge in [-0.25, -0.2) is 13.2 Å². The van der Waals surface area contributed by atoms with E-state index in [9.17, 15) is 42.0 Å². The van der Waals surface area contributed by atoms with Crippen molar-refractivity contribution in [3.05, 3.63) is 0 Å². The van der Waals surface area contributed by atoms with Crippen LogP contribution < -0.4 is 21.3 Å². The van der Waals surface area contributed by atoms with Crippen molar-refractivity contribution in [2.75, 3.05) is 24.6 Å². The van der Waals surface area contributed by atoms with Gasteiger partial charge in [-0.3, -0.25) is 33.7 Å². The van der Waals surface area contributed by atoms with E-state index in [4.69, 9.17) is 0 Å². The Bertz CT molecular complexity index is 1630. The summed E-state index contributed by atoms with van der Waals surface area (Å²) in [6, 6.07) is -5.34. The second-order valence-electron chi connectivity index (χ2n) is 18.7. The average molecular weight is 777 g/mol. The summed E-state index contributed by atoms with van der Waals surface area (Å²) in [4.78, 5) is 97.0. The third kappa shape index (κ3) is 9.81. The lowest BCUT2D eigenvalue weighted by Gasteiger charge is -2.40. The van der Waals surface area contributed by atoms with E-state index in [1.165, 1.54) is 4.90 Å². The molecule has 16 heteroatoms. The third-order valence-electron chi connectivity index (χ3n) is 12.1. The molecule has 0 unspecified atom stereocenters. The van der Waals surface area contributed by atoms with Crippen LogP contribution in [0.5, 0.6) is 0 Å². The Morgan fingerprint density at radius 1 is 0.889 bits per heavy atom. The molecule has 15 nitrogen and oxygen atoms in total. The Morgan fingerprint density at radius 2 is 1.50 bits per heavy atom. The molecule has 2 aliphatic carbocycles. The molecule has 302 valence electrons. The molecule has 0 aromatic heterocycles. The zero-order valence-corrected chi connectivity index (χ0v) is 33.7. The van der Waals surface area contributed by atoms with Crippen molar-refractivity contribution >= 4 is 51.2 Å². The van der Waals surface area contributed by atoms with E-state index < -0.39 is 80.1 Å². The Labute approximate surface area is 319 Å². The van der Waals surface area contributed by atoms with Crippen molar-refractivity contribution in [2.24, 2.45) is 28.1 Å². The minimum absolute atomic E-state index is 0.0435. The van der Waals surface area contributed by atoms with Gasteiger partial charge in [-0.05, 0) is 53.8 Å². The molecule has 0 radical (unpaired) electrons. The number of ketones is 1. The molecule has 0 aromatic carbocycles. The van der Waals surface area contributed by atoms with Gasteiger partial charge >= 0.3 is 6.03 Å². The van der Waals surface area contributed by atoms with Gasteiger partial charge in [0, 0.05) is 32.0 Å². The fraction of sp³-hybridized carbons (Fsp3) is 0.816. The van der Waals surface area contributed by atoms with Crippen LogP contribution in [0, 0.1) is 28.1 Å². The van der Waals surface area contributed by atoms with Crippen LogP contribution in [-0.2, 0) is 38.6 Å².